The van der Waals surface area contributed by atoms with Gasteiger partial charge in [0.1, 0.15) is 12.6 Å². The summed E-state index contributed by atoms with van der Waals surface area (Å²) in [5, 5.41) is 3.06. The minimum absolute atomic E-state index is 0.0707. The lowest BCUT2D eigenvalue weighted by atomic mass is 10.0. The molecule has 0 aliphatic rings. The van der Waals surface area contributed by atoms with Gasteiger partial charge < -0.3 is 10.2 Å². The molecule has 0 aliphatic carbocycles. The number of rotatable bonds is 13. The van der Waals surface area contributed by atoms with E-state index < -0.39 is 28.5 Å². The molecular weight excluding hydrogens is 650 g/mol. The smallest absolute Gasteiger partial charge is 0.264 e. The molecule has 0 aromatic heterocycles. The number of nitrogens with one attached hydrogen (secondary N) is 1. The van der Waals surface area contributed by atoms with Crippen LogP contribution in [0.4, 0.5) is 5.69 Å². The van der Waals surface area contributed by atoms with Gasteiger partial charge >= 0.3 is 0 Å². The molecule has 4 aromatic carbocycles. The summed E-state index contributed by atoms with van der Waals surface area (Å²) in [6.07, 6.45) is 0.990. The summed E-state index contributed by atoms with van der Waals surface area (Å²) in [6, 6.07) is 29.7. The van der Waals surface area contributed by atoms with Crippen LogP contribution in [0.1, 0.15) is 42.5 Å². The third kappa shape index (κ3) is 9.05. The first-order valence-corrected chi connectivity index (χ1v) is 17.3. The highest BCUT2D eigenvalue weighted by Crippen LogP contribution is 2.27. The second-order valence-electron chi connectivity index (χ2n) is 11.3. The number of halogens is 1. The normalized spacial score (nSPS) is 12.6. The first kappa shape index (κ1) is 33.9. The Morgan fingerprint density at radius 1 is 0.822 bits per heavy atom. The van der Waals surface area contributed by atoms with E-state index in [1.807, 2.05) is 82.3 Å². The van der Waals surface area contributed by atoms with Crippen LogP contribution in [0.2, 0.25) is 0 Å². The maximum absolute atomic E-state index is 14.5. The number of amides is 2. The maximum Gasteiger partial charge on any atom is 0.264 e. The lowest BCUT2D eigenvalue weighted by molar-refractivity contribution is -0.140. The second kappa shape index (κ2) is 15.4. The summed E-state index contributed by atoms with van der Waals surface area (Å²) in [7, 11) is -4.16. The second-order valence-corrected chi connectivity index (χ2v) is 14.1. The van der Waals surface area contributed by atoms with Crippen LogP contribution in [0, 0.1) is 13.8 Å². The molecule has 2 amide bonds. The molecule has 4 rings (SSSR count). The van der Waals surface area contributed by atoms with Gasteiger partial charge in [0.25, 0.3) is 10.0 Å². The SMILES string of the molecule is CCC(C)NC(=O)C(Cc1ccccc1)N(Cc1ccc(C)cc1)C(=O)CN(c1cccc(Br)c1)S(=O)(=O)c1ccc(C)cc1. The van der Waals surface area contributed by atoms with Crippen LogP contribution in [-0.2, 0) is 32.6 Å². The molecule has 7 nitrogen and oxygen atoms in total. The van der Waals surface area contributed by atoms with Crippen LogP contribution in [0.15, 0.2) is 112 Å². The minimum Gasteiger partial charge on any atom is -0.352 e. The third-order valence-corrected chi connectivity index (χ3v) is 10.0. The summed E-state index contributed by atoms with van der Waals surface area (Å²) in [4.78, 5) is 30.0. The van der Waals surface area contributed by atoms with Crippen LogP contribution in [0.25, 0.3) is 0 Å². The number of sulfonamides is 1. The topological polar surface area (TPSA) is 86.8 Å². The Bertz CT molecular complexity index is 1690. The molecule has 0 saturated carbocycles. The highest BCUT2D eigenvalue weighted by atomic mass is 79.9. The summed E-state index contributed by atoms with van der Waals surface area (Å²) in [5.41, 5.74) is 4.03. The molecular formula is C36H40BrN3O4S. The van der Waals surface area contributed by atoms with Crippen LogP contribution in [-0.4, -0.2) is 43.8 Å². The minimum atomic E-state index is -4.16. The number of aryl methyl sites for hydroxylation is 2. The number of benzene rings is 4. The quantitative estimate of drug-likeness (QED) is 0.167. The Morgan fingerprint density at radius 3 is 2.04 bits per heavy atom. The fourth-order valence-corrected chi connectivity index (χ4v) is 6.68. The molecule has 2 unspecified atom stereocenters. The molecule has 0 aliphatic heterocycles. The van der Waals surface area contributed by atoms with E-state index in [1.165, 1.54) is 4.90 Å². The predicted molar refractivity (Wildman–Crippen MR) is 183 cm³/mol. The van der Waals surface area contributed by atoms with Crippen molar-refractivity contribution in [2.24, 2.45) is 0 Å². The maximum atomic E-state index is 14.5. The Morgan fingerprint density at radius 2 is 1.44 bits per heavy atom. The number of carbonyl (C=O) groups is 2. The number of hydrogen-bond acceptors (Lipinski definition) is 4. The van der Waals surface area contributed by atoms with Crippen molar-refractivity contribution >= 4 is 43.5 Å². The lowest BCUT2D eigenvalue weighted by Crippen LogP contribution is -2.54. The van der Waals surface area contributed by atoms with Crippen molar-refractivity contribution < 1.29 is 18.0 Å². The Hall–Kier alpha value is -3.95. The van der Waals surface area contributed by atoms with Crippen molar-refractivity contribution in [3.8, 4) is 0 Å². The van der Waals surface area contributed by atoms with Gasteiger partial charge in [0, 0.05) is 23.5 Å². The number of carbonyl (C=O) groups excluding carboxylic acids is 2. The molecule has 0 radical (unpaired) electrons. The van der Waals surface area contributed by atoms with E-state index in [2.05, 4.69) is 21.2 Å². The van der Waals surface area contributed by atoms with Gasteiger partial charge in [-0.15, -0.1) is 0 Å². The zero-order valence-electron chi connectivity index (χ0n) is 26.1. The largest absolute Gasteiger partial charge is 0.352 e. The third-order valence-electron chi connectivity index (χ3n) is 7.73. The van der Waals surface area contributed by atoms with Crippen molar-refractivity contribution in [3.63, 3.8) is 0 Å². The molecule has 0 fully saturated rings. The fourth-order valence-electron chi connectivity index (χ4n) is 4.88. The van der Waals surface area contributed by atoms with Gasteiger partial charge in [0.05, 0.1) is 10.6 Å². The van der Waals surface area contributed by atoms with E-state index >= 15 is 0 Å². The molecule has 1 N–H and O–H groups in total. The molecule has 2 atom stereocenters. The van der Waals surface area contributed by atoms with Crippen LogP contribution in [0.3, 0.4) is 0 Å². The Labute approximate surface area is 275 Å². The first-order valence-electron chi connectivity index (χ1n) is 15.0. The van der Waals surface area contributed by atoms with Gasteiger partial charge in [-0.1, -0.05) is 107 Å². The van der Waals surface area contributed by atoms with Crippen molar-refractivity contribution in [2.75, 3.05) is 10.8 Å². The average Bonchev–Trinajstić information content (AvgIpc) is 3.02. The van der Waals surface area contributed by atoms with Crippen molar-refractivity contribution in [1.82, 2.24) is 10.2 Å². The van der Waals surface area contributed by atoms with E-state index in [0.29, 0.717) is 10.2 Å². The molecule has 9 heteroatoms. The molecule has 4 aromatic rings. The van der Waals surface area contributed by atoms with Gasteiger partial charge in [-0.05, 0) is 68.7 Å². The fraction of sp³-hybridized carbons (Fsp3) is 0.278. The molecule has 45 heavy (non-hydrogen) atoms. The zero-order valence-corrected chi connectivity index (χ0v) is 28.5. The summed E-state index contributed by atoms with van der Waals surface area (Å²) >= 11 is 3.45. The van der Waals surface area contributed by atoms with Crippen LogP contribution < -0.4 is 9.62 Å². The summed E-state index contributed by atoms with van der Waals surface area (Å²) < 4.78 is 30.1. The molecule has 236 valence electrons. The van der Waals surface area contributed by atoms with Crippen molar-refractivity contribution in [1.29, 1.82) is 0 Å². The van der Waals surface area contributed by atoms with Gasteiger partial charge in [-0.2, -0.15) is 0 Å². The summed E-state index contributed by atoms with van der Waals surface area (Å²) in [5.74, 6) is -0.782. The number of anilines is 1. The van der Waals surface area contributed by atoms with Crippen molar-refractivity contribution in [2.45, 2.75) is 64.1 Å². The van der Waals surface area contributed by atoms with Gasteiger partial charge in [0.15, 0.2) is 0 Å². The molecule has 0 saturated heterocycles. The van der Waals surface area contributed by atoms with Crippen molar-refractivity contribution in [3.05, 3.63) is 130 Å². The lowest BCUT2D eigenvalue weighted by Gasteiger charge is -2.34. The summed E-state index contributed by atoms with van der Waals surface area (Å²) in [6.45, 7) is 7.40. The van der Waals surface area contributed by atoms with E-state index in [1.54, 1.807) is 48.5 Å². The van der Waals surface area contributed by atoms with Gasteiger partial charge in [-0.25, -0.2) is 8.42 Å². The Balaban J connectivity index is 1.80. The first-order chi connectivity index (χ1) is 21.5. The zero-order chi connectivity index (χ0) is 32.6. The number of nitrogens with zero attached hydrogens (tertiary/aromatic N) is 2. The standard InChI is InChI=1S/C36H40BrN3O4S/c1-5-28(4)38-36(42)34(22-29-10-7-6-8-11-29)39(24-30-18-14-26(2)15-19-30)35(41)25-40(32-13-9-12-31(37)23-32)45(43,44)33-20-16-27(3)17-21-33/h6-21,23,28,34H,5,22,24-25H2,1-4H3,(H,38,42). The van der Waals surface area contributed by atoms with E-state index in [0.717, 1.165) is 33.0 Å². The van der Waals surface area contributed by atoms with E-state index in [-0.39, 0.29) is 29.8 Å². The van der Waals surface area contributed by atoms with E-state index in [9.17, 15) is 18.0 Å². The average molecular weight is 691 g/mol. The number of hydrogen-bond donors (Lipinski definition) is 1. The van der Waals surface area contributed by atoms with E-state index in [4.69, 9.17) is 0 Å². The molecule has 0 spiro atoms. The highest BCUT2D eigenvalue weighted by Gasteiger charge is 2.35. The van der Waals surface area contributed by atoms with Crippen LogP contribution in [0.5, 0.6) is 0 Å². The Kier molecular flexibility index (Phi) is 11.6. The van der Waals surface area contributed by atoms with Gasteiger partial charge in [-0.3, -0.25) is 13.9 Å². The monoisotopic (exact) mass is 689 g/mol. The predicted octanol–water partition coefficient (Wildman–Crippen LogP) is 6.82. The van der Waals surface area contributed by atoms with Gasteiger partial charge in [0.2, 0.25) is 11.8 Å². The molecule has 0 bridgehead atoms. The highest BCUT2D eigenvalue weighted by molar-refractivity contribution is 9.10. The van der Waals surface area contributed by atoms with Crippen LogP contribution >= 0.6 is 15.9 Å². The molecule has 0 heterocycles.